The van der Waals surface area contributed by atoms with Crippen molar-refractivity contribution in [2.75, 3.05) is 20.1 Å². The van der Waals surface area contributed by atoms with E-state index >= 15 is 0 Å². The molecular weight excluding hydrogens is 276 g/mol. The van der Waals surface area contributed by atoms with Crippen LogP contribution in [0.25, 0.3) is 10.9 Å². The highest BCUT2D eigenvalue weighted by molar-refractivity contribution is 9.10. The summed E-state index contributed by atoms with van der Waals surface area (Å²) in [5, 5.41) is 1.34. The lowest BCUT2D eigenvalue weighted by atomic mass is 10.1. The Bertz CT molecular complexity index is 524. The number of rotatable bonds is 1. The first-order valence-corrected chi connectivity index (χ1v) is 6.98. The molecule has 3 rings (SSSR count). The normalized spacial score (nSPS) is 18.9. The lowest BCUT2D eigenvalue weighted by molar-refractivity contribution is 0.224. The largest absolute Gasteiger partial charge is 0.344 e. The molecule has 2 aromatic rings. The smallest absolute Gasteiger partial charge is 0.0494 e. The first-order chi connectivity index (χ1) is 8.24. The third-order valence-corrected chi connectivity index (χ3v) is 4.26. The second-order valence-corrected chi connectivity index (χ2v) is 5.88. The highest BCUT2D eigenvalue weighted by Gasteiger charge is 2.19. The SMILES string of the molecule is CN1CCC(n2ccc3ccc(Br)cc32)CC1. The average molecular weight is 293 g/mol. The lowest BCUT2D eigenvalue weighted by Gasteiger charge is -2.30. The van der Waals surface area contributed by atoms with Crippen LogP contribution in [0.2, 0.25) is 0 Å². The molecule has 3 heteroatoms. The summed E-state index contributed by atoms with van der Waals surface area (Å²) in [6.07, 6.45) is 4.76. The highest BCUT2D eigenvalue weighted by atomic mass is 79.9. The standard InChI is InChI=1S/C14H17BrN2/c1-16-7-5-13(6-8-16)17-9-4-11-2-3-12(15)10-14(11)17/h2-4,9-10,13H,5-8H2,1H3. The van der Waals surface area contributed by atoms with Crippen LogP contribution in [0.4, 0.5) is 0 Å². The monoisotopic (exact) mass is 292 g/mol. The van der Waals surface area contributed by atoms with Crippen LogP contribution in [-0.2, 0) is 0 Å². The molecule has 0 spiro atoms. The number of likely N-dealkylation sites (tertiary alicyclic amines) is 1. The highest BCUT2D eigenvalue weighted by Crippen LogP contribution is 2.28. The summed E-state index contributed by atoms with van der Waals surface area (Å²) in [4.78, 5) is 2.41. The molecular formula is C14H17BrN2. The van der Waals surface area contributed by atoms with Gasteiger partial charge in [0.25, 0.3) is 0 Å². The lowest BCUT2D eigenvalue weighted by Crippen LogP contribution is -2.31. The molecule has 1 aliphatic heterocycles. The zero-order valence-electron chi connectivity index (χ0n) is 10.1. The minimum Gasteiger partial charge on any atom is -0.344 e. The van der Waals surface area contributed by atoms with Gasteiger partial charge in [-0.1, -0.05) is 22.0 Å². The number of halogens is 1. The molecule has 1 saturated heterocycles. The second kappa shape index (κ2) is 4.46. The molecule has 0 bridgehead atoms. The Morgan fingerprint density at radius 2 is 1.94 bits per heavy atom. The summed E-state index contributed by atoms with van der Waals surface area (Å²) in [6.45, 7) is 2.41. The summed E-state index contributed by atoms with van der Waals surface area (Å²) >= 11 is 3.56. The fourth-order valence-electron chi connectivity index (χ4n) is 2.71. The fraction of sp³-hybridized carbons (Fsp3) is 0.429. The number of fused-ring (bicyclic) bond motifs is 1. The first kappa shape index (κ1) is 11.3. The van der Waals surface area contributed by atoms with E-state index in [1.54, 1.807) is 0 Å². The molecule has 0 radical (unpaired) electrons. The van der Waals surface area contributed by atoms with Gasteiger partial charge < -0.3 is 9.47 Å². The van der Waals surface area contributed by atoms with E-state index in [-0.39, 0.29) is 0 Å². The van der Waals surface area contributed by atoms with Crippen molar-refractivity contribution in [2.45, 2.75) is 18.9 Å². The molecule has 0 N–H and O–H groups in total. The quantitative estimate of drug-likeness (QED) is 0.779. The van der Waals surface area contributed by atoms with Crippen molar-refractivity contribution in [1.29, 1.82) is 0 Å². The van der Waals surface area contributed by atoms with Gasteiger partial charge in [0.15, 0.2) is 0 Å². The predicted octanol–water partition coefficient (Wildman–Crippen LogP) is 3.67. The average Bonchev–Trinajstić information content (AvgIpc) is 2.73. The number of piperidine rings is 1. The maximum absolute atomic E-state index is 3.56. The Hall–Kier alpha value is -0.800. The third-order valence-electron chi connectivity index (χ3n) is 3.77. The molecule has 0 unspecified atom stereocenters. The van der Waals surface area contributed by atoms with Crippen LogP contribution in [0.5, 0.6) is 0 Å². The van der Waals surface area contributed by atoms with Crippen LogP contribution in [0, 0.1) is 0 Å². The maximum atomic E-state index is 3.56. The Balaban J connectivity index is 1.97. The van der Waals surface area contributed by atoms with Crippen LogP contribution in [0.3, 0.4) is 0 Å². The van der Waals surface area contributed by atoms with Gasteiger partial charge in [-0.3, -0.25) is 0 Å². The van der Waals surface area contributed by atoms with Crippen molar-refractivity contribution in [3.8, 4) is 0 Å². The van der Waals surface area contributed by atoms with E-state index in [9.17, 15) is 0 Å². The molecule has 1 aromatic heterocycles. The number of nitrogens with zero attached hydrogens (tertiary/aromatic N) is 2. The van der Waals surface area contributed by atoms with Crippen molar-refractivity contribution < 1.29 is 0 Å². The topological polar surface area (TPSA) is 8.17 Å². The van der Waals surface area contributed by atoms with Crippen LogP contribution in [0.1, 0.15) is 18.9 Å². The van der Waals surface area contributed by atoms with Gasteiger partial charge in [0.1, 0.15) is 0 Å². The summed E-state index contributed by atoms with van der Waals surface area (Å²) in [6, 6.07) is 9.41. The van der Waals surface area contributed by atoms with Gasteiger partial charge in [-0.2, -0.15) is 0 Å². The number of hydrogen-bond donors (Lipinski definition) is 0. The van der Waals surface area contributed by atoms with E-state index in [4.69, 9.17) is 0 Å². The summed E-state index contributed by atoms with van der Waals surface area (Å²) in [5.74, 6) is 0. The van der Waals surface area contributed by atoms with E-state index in [1.807, 2.05) is 0 Å². The molecule has 1 aromatic carbocycles. The van der Waals surface area contributed by atoms with Crippen molar-refractivity contribution in [3.63, 3.8) is 0 Å². The molecule has 17 heavy (non-hydrogen) atoms. The van der Waals surface area contributed by atoms with Gasteiger partial charge in [0.2, 0.25) is 0 Å². The van der Waals surface area contributed by atoms with Gasteiger partial charge in [-0.15, -0.1) is 0 Å². The van der Waals surface area contributed by atoms with Gasteiger partial charge in [0.05, 0.1) is 0 Å². The Labute approximate surface area is 110 Å². The Morgan fingerprint density at radius 3 is 2.71 bits per heavy atom. The molecule has 90 valence electrons. The Morgan fingerprint density at radius 1 is 1.18 bits per heavy atom. The number of benzene rings is 1. The van der Waals surface area contributed by atoms with E-state index in [2.05, 4.69) is 62.9 Å². The van der Waals surface area contributed by atoms with Crippen molar-refractivity contribution in [1.82, 2.24) is 9.47 Å². The van der Waals surface area contributed by atoms with Crippen molar-refractivity contribution in [2.24, 2.45) is 0 Å². The van der Waals surface area contributed by atoms with Gasteiger partial charge in [0, 0.05) is 22.2 Å². The molecule has 0 atom stereocenters. The van der Waals surface area contributed by atoms with Crippen LogP contribution >= 0.6 is 15.9 Å². The zero-order valence-corrected chi connectivity index (χ0v) is 11.7. The van der Waals surface area contributed by atoms with Gasteiger partial charge in [-0.25, -0.2) is 0 Å². The first-order valence-electron chi connectivity index (χ1n) is 6.19. The number of hydrogen-bond acceptors (Lipinski definition) is 1. The predicted molar refractivity (Wildman–Crippen MR) is 75.4 cm³/mol. The maximum Gasteiger partial charge on any atom is 0.0494 e. The molecule has 0 saturated carbocycles. The van der Waals surface area contributed by atoms with Crippen LogP contribution < -0.4 is 0 Å². The minimum atomic E-state index is 0.665. The molecule has 1 fully saturated rings. The summed E-state index contributed by atoms with van der Waals surface area (Å²) < 4.78 is 3.62. The fourth-order valence-corrected chi connectivity index (χ4v) is 3.06. The van der Waals surface area contributed by atoms with E-state index < -0.39 is 0 Å². The summed E-state index contributed by atoms with van der Waals surface area (Å²) in [7, 11) is 2.21. The van der Waals surface area contributed by atoms with E-state index in [0.717, 1.165) is 4.47 Å². The molecule has 0 aliphatic carbocycles. The van der Waals surface area contributed by atoms with E-state index in [1.165, 1.54) is 36.8 Å². The molecule has 0 amide bonds. The molecule has 2 heterocycles. The summed E-state index contributed by atoms with van der Waals surface area (Å²) in [5.41, 5.74) is 1.36. The van der Waals surface area contributed by atoms with Gasteiger partial charge in [-0.05, 0) is 56.6 Å². The van der Waals surface area contributed by atoms with Gasteiger partial charge >= 0.3 is 0 Å². The Kier molecular flexibility index (Phi) is 2.97. The molecule has 1 aliphatic rings. The van der Waals surface area contributed by atoms with Crippen molar-refractivity contribution >= 4 is 26.8 Å². The zero-order chi connectivity index (χ0) is 11.8. The van der Waals surface area contributed by atoms with Crippen molar-refractivity contribution in [3.05, 3.63) is 34.9 Å². The third kappa shape index (κ3) is 2.14. The van der Waals surface area contributed by atoms with Crippen LogP contribution in [-0.4, -0.2) is 29.6 Å². The minimum absolute atomic E-state index is 0.665. The second-order valence-electron chi connectivity index (χ2n) is 4.96. The van der Waals surface area contributed by atoms with E-state index in [0.29, 0.717) is 6.04 Å². The number of aromatic nitrogens is 1. The van der Waals surface area contributed by atoms with Crippen LogP contribution in [0.15, 0.2) is 34.9 Å². The molecule has 2 nitrogen and oxygen atoms in total.